The molecule has 0 saturated carbocycles. The fourth-order valence-electron chi connectivity index (χ4n) is 2.35. The first-order valence-corrected chi connectivity index (χ1v) is 16.4. The molecule has 0 radical (unpaired) electrons. The molecule has 0 fully saturated rings. The van der Waals surface area contributed by atoms with E-state index in [1.165, 1.54) is 22.7 Å². The van der Waals surface area contributed by atoms with Crippen molar-refractivity contribution in [3.8, 4) is 0 Å². The molecule has 166 valence electrons. The van der Waals surface area contributed by atoms with Gasteiger partial charge in [-0.25, -0.2) is 17.9 Å². The van der Waals surface area contributed by atoms with Crippen LogP contribution in [0.4, 0.5) is 0 Å². The summed E-state index contributed by atoms with van der Waals surface area (Å²) in [4.78, 5) is 24.5. The van der Waals surface area contributed by atoms with Gasteiger partial charge in [-0.15, -0.1) is 43.8 Å². The second kappa shape index (κ2) is 8.20. The van der Waals surface area contributed by atoms with E-state index in [0.29, 0.717) is 19.5 Å². The van der Waals surface area contributed by atoms with Crippen molar-refractivity contribution in [2.75, 3.05) is 0 Å². The van der Waals surface area contributed by atoms with Crippen molar-refractivity contribution < 1.29 is 18.0 Å². The van der Waals surface area contributed by atoms with Crippen LogP contribution in [0.25, 0.3) is 0 Å². The van der Waals surface area contributed by atoms with Crippen LogP contribution in [-0.4, -0.2) is 28.5 Å². The quantitative estimate of drug-likeness (QED) is 0.565. The van der Waals surface area contributed by atoms with E-state index in [1.807, 2.05) is 0 Å². The zero-order valence-electron chi connectivity index (χ0n) is 17.0. The molecule has 2 aromatic heterocycles. The summed E-state index contributed by atoms with van der Waals surface area (Å²) < 4.78 is 34.6. The molecule has 2 atom stereocenters. The number of nitrogens with one attached hydrogen (secondary N) is 1. The van der Waals surface area contributed by atoms with Crippen LogP contribution < -0.4 is 9.53 Å². The Morgan fingerprint density at radius 1 is 0.967 bits per heavy atom. The molecule has 0 aliphatic carbocycles. The number of amides is 2. The van der Waals surface area contributed by atoms with Crippen LogP contribution in [-0.2, 0) is 19.8 Å². The summed E-state index contributed by atoms with van der Waals surface area (Å²) >= 11 is 2.53. The topological polar surface area (TPSA) is 131 Å². The Balaban J connectivity index is 0.000000229. The average Bonchev–Trinajstić information content (AvgIpc) is 3.28. The van der Waals surface area contributed by atoms with Crippen molar-refractivity contribution >= 4 is 75.0 Å². The van der Waals surface area contributed by atoms with E-state index in [-0.39, 0.29) is 23.4 Å². The molecule has 30 heavy (non-hydrogen) atoms. The highest BCUT2D eigenvalue weighted by Gasteiger charge is 2.41. The number of nitrogens with two attached hydrogens (primary N) is 1. The third kappa shape index (κ3) is 4.48. The van der Waals surface area contributed by atoms with Gasteiger partial charge in [0.2, 0.25) is 0 Å². The van der Waals surface area contributed by atoms with Crippen LogP contribution in [0.5, 0.6) is 0 Å². The fourth-order valence-corrected chi connectivity index (χ4v) is 11.6. The number of carbonyl (C=O) groups excluding carboxylic acids is 2. The largest absolute Gasteiger partial charge is 0.297 e. The summed E-state index contributed by atoms with van der Waals surface area (Å²) in [6.07, 6.45) is 0. The van der Waals surface area contributed by atoms with Gasteiger partial charge >= 0.3 is 0 Å². The van der Waals surface area contributed by atoms with E-state index in [2.05, 4.69) is 47.0 Å². The van der Waals surface area contributed by atoms with Crippen LogP contribution in [0, 0.1) is 0 Å². The molecular weight excluding hydrogens is 504 g/mol. The maximum absolute atomic E-state index is 12.9. The predicted molar refractivity (Wildman–Crippen MR) is 127 cm³/mol. The molecule has 2 aliphatic rings. The Morgan fingerprint density at radius 2 is 1.43 bits per heavy atom. The van der Waals surface area contributed by atoms with Crippen LogP contribution in [0.2, 0.25) is 18.1 Å². The lowest BCUT2D eigenvalue weighted by Gasteiger charge is -2.37. The second-order valence-electron chi connectivity index (χ2n) is 8.09. The molecule has 4 rings (SSSR count). The molecule has 14 heteroatoms. The van der Waals surface area contributed by atoms with Gasteiger partial charge in [0.1, 0.15) is 37.8 Å². The molecule has 0 saturated heterocycles. The normalized spacial score (nSPS) is 24.7. The first kappa shape index (κ1) is 25.3. The third-order valence-electron chi connectivity index (χ3n) is 4.96. The monoisotopic (exact) mass is 526 g/mol. The number of nitrogens with zero attached hydrogens (tertiary/aromatic N) is 2. The third-order valence-corrected chi connectivity index (χ3v) is 16.7. The minimum absolute atomic E-state index is 0. The number of halogens is 1. The van der Waals surface area contributed by atoms with Crippen LogP contribution in [0.1, 0.15) is 40.1 Å². The first-order chi connectivity index (χ1) is 13.2. The van der Waals surface area contributed by atoms with E-state index in [0.717, 1.165) is 0 Å². The highest BCUT2D eigenvalue weighted by Crippen LogP contribution is 2.37. The van der Waals surface area contributed by atoms with Gasteiger partial charge in [0.05, 0.1) is 9.79 Å². The highest BCUT2D eigenvalue weighted by molar-refractivity contribution is 7.94. The highest BCUT2D eigenvalue weighted by atomic mass is 35.5. The molecule has 2 unspecified atom stereocenters. The fraction of sp³-hybridized carbons (Fsp3) is 0.375. The standard InChI is InChI=1S/C11H18N2O2S2Si.C5H4N2O2S2.ClH/c1-11(2,3)18(4,5)13-17(15)8-6-7-16-9(8)10(14)12-17;6-11(9)3-1-2-10-4(3)5(8)7-11;/h6-7H,1-5H3,(H,12,13,14,15);1-2H,(H2,6,7,8,9);1H. The van der Waals surface area contributed by atoms with Crippen LogP contribution >= 0.6 is 35.1 Å². The van der Waals surface area contributed by atoms with Crippen LogP contribution in [0.3, 0.4) is 0 Å². The van der Waals surface area contributed by atoms with E-state index in [4.69, 9.17) is 5.14 Å². The molecule has 2 aromatic rings. The molecule has 0 bridgehead atoms. The summed E-state index contributed by atoms with van der Waals surface area (Å²) in [5, 5.41) is 8.79. The summed E-state index contributed by atoms with van der Waals surface area (Å²) in [6.45, 7) is 10.6. The molecule has 0 spiro atoms. The molecule has 0 aromatic carbocycles. The van der Waals surface area contributed by atoms with Crippen molar-refractivity contribution in [3.63, 3.8) is 0 Å². The van der Waals surface area contributed by atoms with Gasteiger partial charge in [0.15, 0.2) is 0 Å². The van der Waals surface area contributed by atoms with Crippen molar-refractivity contribution in [1.82, 2.24) is 4.39 Å². The lowest BCUT2D eigenvalue weighted by molar-refractivity contribution is 0.100. The number of hydrogen-bond acceptors (Lipinski definition) is 6. The number of thiophene rings is 2. The zero-order chi connectivity index (χ0) is 21.8. The zero-order valence-corrected chi connectivity index (χ0v) is 22.0. The Hall–Kier alpha value is -0.933. The molecule has 8 nitrogen and oxygen atoms in total. The number of carbonyl (C=O) groups is 2. The number of fused-ring (bicyclic) bond motifs is 2. The summed E-state index contributed by atoms with van der Waals surface area (Å²) in [7, 11) is -7.62. The van der Waals surface area contributed by atoms with Crippen molar-refractivity contribution in [2.24, 2.45) is 13.9 Å². The first-order valence-electron chi connectivity index (χ1n) is 8.53. The second-order valence-corrected chi connectivity index (χ2v) is 18.9. The van der Waals surface area contributed by atoms with Crippen LogP contribution in [0.15, 0.2) is 41.4 Å². The van der Waals surface area contributed by atoms with Gasteiger partial charge in [0, 0.05) is 0 Å². The Bertz CT molecular complexity index is 1260. The minimum atomic E-state index is -2.88. The Labute approximate surface area is 191 Å². The van der Waals surface area contributed by atoms with E-state index >= 15 is 0 Å². The maximum atomic E-state index is 12.9. The Morgan fingerprint density at radius 3 is 1.93 bits per heavy atom. The summed E-state index contributed by atoms with van der Waals surface area (Å²) in [5.74, 6) is -0.807. The van der Waals surface area contributed by atoms with Gasteiger partial charge in [-0.05, 0) is 27.9 Å². The smallest absolute Gasteiger partial charge is 0.265 e. The lowest BCUT2D eigenvalue weighted by atomic mass is 10.2. The predicted octanol–water partition coefficient (Wildman–Crippen LogP) is 4.26. The Kier molecular flexibility index (Phi) is 6.93. The molecule has 3 N–H and O–H groups in total. The van der Waals surface area contributed by atoms with Gasteiger partial charge in [0.25, 0.3) is 11.8 Å². The molecule has 2 amide bonds. The summed E-state index contributed by atoms with van der Waals surface area (Å²) in [5.41, 5.74) is 0. The van der Waals surface area contributed by atoms with E-state index in [1.54, 1.807) is 22.9 Å². The summed E-state index contributed by atoms with van der Waals surface area (Å²) in [6, 6.07) is 3.33. The SMILES string of the molecule is CC(C)(C)[Si](C)(C)NS1(=O)=NC(=O)c2sccc21.Cl.NS1(=O)=NC(=O)c2sccc21. The van der Waals surface area contributed by atoms with Gasteiger partial charge in [-0.1, -0.05) is 33.9 Å². The number of rotatable bonds is 2. The van der Waals surface area contributed by atoms with Crippen molar-refractivity contribution in [2.45, 2.75) is 48.7 Å². The van der Waals surface area contributed by atoms with Gasteiger partial charge < -0.3 is 0 Å². The molecular formula is C16H23ClN4O4S4Si. The van der Waals surface area contributed by atoms with E-state index in [9.17, 15) is 18.0 Å². The van der Waals surface area contributed by atoms with Crippen molar-refractivity contribution in [1.29, 1.82) is 0 Å². The average molecular weight is 527 g/mol. The maximum Gasteiger partial charge on any atom is 0.297 e. The van der Waals surface area contributed by atoms with Gasteiger partial charge in [-0.2, -0.15) is 0 Å². The molecule has 4 heterocycles. The minimum Gasteiger partial charge on any atom is -0.265 e. The van der Waals surface area contributed by atoms with Gasteiger partial charge in [-0.3, -0.25) is 9.59 Å². The molecule has 2 aliphatic heterocycles. The van der Waals surface area contributed by atoms with E-state index < -0.39 is 34.0 Å². The van der Waals surface area contributed by atoms with Crippen molar-refractivity contribution in [3.05, 3.63) is 32.6 Å². The number of hydrogen-bond donors (Lipinski definition) is 2. The lowest BCUT2D eigenvalue weighted by Crippen LogP contribution is -2.54.